The molecule has 1 aliphatic heterocycles. The number of anilines is 3. The van der Waals surface area contributed by atoms with Crippen LogP contribution in [0.25, 0.3) is 0 Å². The van der Waals surface area contributed by atoms with Crippen molar-refractivity contribution in [2.45, 2.75) is 101 Å². The fourth-order valence-electron chi connectivity index (χ4n) is 4.53. The van der Waals surface area contributed by atoms with Gasteiger partial charge in [0.2, 0.25) is 0 Å². The van der Waals surface area contributed by atoms with E-state index in [4.69, 9.17) is 0 Å². The first-order valence-corrected chi connectivity index (χ1v) is 13.9. The van der Waals surface area contributed by atoms with Crippen LogP contribution < -0.4 is 4.90 Å². The molecule has 0 saturated carbocycles. The van der Waals surface area contributed by atoms with E-state index >= 15 is 0 Å². The standard InChI is InChI=1S/C32H41NS/c1-8-11-12-23-13-17-26(18-14-23)33-27-19-15-24(31(4,5)9-2)21-29(27)34-30-22-25(16-20-28(30)33)32(6,7)10-3/h13-22H,8-12H2,1-7H3. The van der Waals surface area contributed by atoms with Crippen molar-refractivity contribution in [2.24, 2.45) is 0 Å². The van der Waals surface area contributed by atoms with E-state index in [-0.39, 0.29) is 10.8 Å². The minimum absolute atomic E-state index is 0.174. The zero-order valence-electron chi connectivity index (χ0n) is 22.2. The van der Waals surface area contributed by atoms with Crippen molar-refractivity contribution in [1.29, 1.82) is 0 Å². The molecule has 3 aromatic carbocycles. The summed E-state index contributed by atoms with van der Waals surface area (Å²) in [5.41, 5.74) is 8.44. The second-order valence-corrected chi connectivity index (χ2v) is 12.1. The lowest BCUT2D eigenvalue weighted by atomic mass is 9.82. The number of unbranched alkanes of at least 4 members (excludes halogenated alkanes) is 1. The van der Waals surface area contributed by atoms with Crippen LogP contribution in [-0.2, 0) is 17.3 Å². The summed E-state index contributed by atoms with van der Waals surface area (Å²) >= 11 is 1.94. The Balaban J connectivity index is 1.83. The molecule has 0 spiro atoms. The van der Waals surface area contributed by atoms with Gasteiger partial charge in [0.15, 0.2) is 0 Å². The highest BCUT2D eigenvalue weighted by molar-refractivity contribution is 7.99. The van der Waals surface area contributed by atoms with Crippen molar-refractivity contribution < 1.29 is 0 Å². The van der Waals surface area contributed by atoms with Crippen molar-refractivity contribution >= 4 is 28.8 Å². The highest BCUT2D eigenvalue weighted by atomic mass is 32.2. The molecule has 4 rings (SSSR count). The van der Waals surface area contributed by atoms with Crippen LogP contribution in [0.4, 0.5) is 17.1 Å². The molecule has 1 nitrogen and oxygen atoms in total. The molecule has 1 aliphatic rings. The van der Waals surface area contributed by atoms with Gasteiger partial charge in [0.1, 0.15) is 0 Å². The Labute approximate surface area is 212 Å². The van der Waals surface area contributed by atoms with Gasteiger partial charge in [-0.2, -0.15) is 0 Å². The van der Waals surface area contributed by atoms with Gasteiger partial charge in [0.25, 0.3) is 0 Å². The molecule has 1 heterocycles. The van der Waals surface area contributed by atoms with Gasteiger partial charge >= 0.3 is 0 Å². The van der Waals surface area contributed by atoms with Crippen LogP contribution >= 0.6 is 11.8 Å². The Morgan fingerprint density at radius 3 is 1.62 bits per heavy atom. The number of fused-ring (bicyclic) bond motifs is 2. The summed E-state index contributed by atoms with van der Waals surface area (Å²) in [6, 6.07) is 23.5. The molecule has 180 valence electrons. The van der Waals surface area contributed by atoms with Crippen LogP contribution in [0.3, 0.4) is 0 Å². The molecule has 0 N–H and O–H groups in total. The lowest BCUT2D eigenvalue weighted by Crippen LogP contribution is -2.20. The molecule has 3 aromatic rings. The van der Waals surface area contributed by atoms with E-state index in [1.807, 2.05) is 11.8 Å². The van der Waals surface area contributed by atoms with E-state index < -0.39 is 0 Å². The SMILES string of the molecule is CCCCc1ccc(N2c3ccc(C(C)(C)CC)cc3Sc3cc(C(C)(C)CC)ccc32)cc1. The van der Waals surface area contributed by atoms with Gasteiger partial charge in [-0.3, -0.25) is 0 Å². The van der Waals surface area contributed by atoms with Crippen LogP contribution in [0.2, 0.25) is 0 Å². The maximum Gasteiger partial charge on any atom is 0.0601 e. The van der Waals surface area contributed by atoms with Gasteiger partial charge in [-0.05, 0) is 89.6 Å². The molecule has 0 amide bonds. The van der Waals surface area contributed by atoms with Crippen molar-refractivity contribution in [2.75, 3.05) is 4.90 Å². The number of aryl methyl sites for hydroxylation is 1. The number of benzene rings is 3. The van der Waals surface area contributed by atoms with Crippen LogP contribution in [-0.4, -0.2) is 0 Å². The second kappa shape index (κ2) is 9.82. The zero-order chi connectivity index (χ0) is 24.5. The van der Waals surface area contributed by atoms with Gasteiger partial charge in [0.05, 0.1) is 11.4 Å². The van der Waals surface area contributed by atoms with E-state index in [1.165, 1.54) is 56.4 Å². The average Bonchev–Trinajstić information content (AvgIpc) is 2.85. The van der Waals surface area contributed by atoms with Crippen LogP contribution in [0.5, 0.6) is 0 Å². The molecule has 0 saturated heterocycles. The molecular formula is C32H41NS. The Morgan fingerprint density at radius 1 is 0.676 bits per heavy atom. The Morgan fingerprint density at radius 2 is 1.18 bits per heavy atom. The van der Waals surface area contributed by atoms with Crippen molar-refractivity contribution in [3.63, 3.8) is 0 Å². The summed E-state index contributed by atoms with van der Waals surface area (Å²) in [6.07, 6.45) is 5.90. The largest absolute Gasteiger partial charge is 0.308 e. The molecular weight excluding hydrogens is 430 g/mol. The first-order chi connectivity index (χ1) is 16.2. The first kappa shape index (κ1) is 24.9. The van der Waals surface area contributed by atoms with Gasteiger partial charge in [-0.1, -0.05) is 90.9 Å². The highest BCUT2D eigenvalue weighted by Crippen LogP contribution is 2.53. The third kappa shape index (κ3) is 4.80. The predicted molar refractivity (Wildman–Crippen MR) is 150 cm³/mol. The molecule has 0 fully saturated rings. The fraction of sp³-hybridized carbons (Fsp3) is 0.438. The number of rotatable bonds is 8. The molecule has 0 radical (unpaired) electrons. The predicted octanol–water partition coefficient (Wildman–Crippen LogP) is 10.3. The van der Waals surface area contributed by atoms with Gasteiger partial charge < -0.3 is 4.90 Å². The number of hydrogen-bond acceptors (Lipinski definition) is 2. The third-order valence-corrected chi connectivity index (χ3v) is 9.06. The Bertz CT molecular complexity index is 1070. The van der Waals surface area contributed by atoms with E-state index in [0.29, 0.717) is 0 Å². The van der Waals surface area contributed by atoms with E-state index in [2.05, 4.69) is 114 Å². The topological polar surface area (TPSA) is 3.24 Å². The quantitative estimate of drug-likeness (QED) is 0.251. The summed E-state index contributed by atoms with van der Waals surface area (Å²) in [4.78, 5) is 5.18. The Kier molecular flexibility index (Phi) is 7.20. The van der Waals surface area contributed by atoms with Gasteiger partial charge in [-0.15, -0.1) is 0 Å². The van der Waals surface area contributed by atoms with Crippen LogP contribution in [0, 0.1) is 0 Å². The molecule has 0 aromatic heterocycles. The summed E-state index contributed by atoms with van der Waals surface area (Å²) in [5, 5.41) is 0. The second-order valence-electron chi connectivity index (χ2n) is 11.0. The van der Waals surface area contributed by atoms with Crippen molar-refractivity contribution in [3.8, 4) is 0 Å². The molecule has 0 bridgehead atoms. The average molecular weight is 472 g/mol. The minimum atomic E-state index is 0.174. The first-order valence-electron chi connectivity index (χ1n) is 13.1. The molecule has 0 aliphatic carbocycles. The van der Waals surface area contributed by atoms with E-state index in [0.717, 1.165) is 19.3 Å². The molecule has 0 unspecified atom stereocenters. The van der Waals surface area contributed by atoms with E-state index in [1.54, 1.807) is 0 Å². The monoisotopic (exact) mass is 471 g/mol. The van der Waals surface area contributed by atoms with E-state index in [9.17, 15) is 0 Å². The van der Waals surface area contributed by atoms with Crippen molar-refractivity contribution in [3.05, 3.63) is 77.4 Å². The Hall–Kier alpha value is -2.19. The third-order valence-electron chi connectivity index (χ3n) is 7.97. The zero-order valence-corrected chi connectivity index (χ0v) is 23.0. The molecule has 0 atom stereocenters. The maximum atomic E-state index is 2.47. The summed E-state index contributed by atoms with van der Waals surface area (Å²) in [5.74, 6) is 0. The summed E-state index contributed by atoms with van der Waals surface area (Å²) < 4.78 is 0. The number of hydrogen-bond donors (Lipinski definition) is 0. The normalized spacial score (nSPS) is 13.6. The molecule has 2 heteroatoms. The fourth-order valence-corrected chi connectivity index (χ4v) is 5.67. The van der Waals surface area contributed by atoms with Crippen LogP contribution in [0.15, 0.2) is 70.5 Å². The van der Waals surface area contributed by atoms with Gasteiger partial charge in [0, 0.05) is 15.5 Å². The van der Waals surface area contributed by atoms with Crippen molar-refractivity contribution in [1.82, 2.24) is 0 Å². The van der Waals surface area contributed by atoms with Gasteiger partial charge in [-0.25, -0.2) is 0 Å². The summed E-state index contributed by atoms with van der Waals surface area (Å²) in [6.45, 7) is 16.2. The smallest absolute Gasteiger partial charge is 0.0601 e. The highest BCUT2D eigenvalue weighted by Gasteiger charge is 2.29. The lowest BCUT2D eigenvalue weighted by molar-refractivity contribution is 0.505. The summed E-state index contributed by atoms with van der Waals surface area (Å²) in [7, 11) is 0. The number of nitrogens with zero attached hydrogens (tertiary/aromatic N) is 1. The lowest BCUT2D eigenvalue weighted by Gasteiger charge is -2.35. The molecule has 34 heavy (non-hydrogen) atoms. The van der Waals surface area contributed by atoms with Crippen LogP contribution in [0.1, 0.15) is 90.8 Å². The maximum absolute atomic E-state index is 2.47. The minimum Gasteiger partial charge on any atom is -0.308 e.